The van der Waals surface area contributed by atoms with Gasteiger partial charge in [-0.2, -0.15) is 5.26 Å². The van der Waals surface area contributed by atoms with Crippen LogP contribution in [0.15, 0.2) is 12.1 Å². The van der Waals surface area contributed by atoms with Gasteiger partial charge in [-0.3, -0.25) is 14.9 Å². The molecule has 8 nitrogen and oxygen atoms in total. The first kappa shape index (κ1) is 12.4. The van der Waals surface area contributed by atoms with Gasteiger partial charge in [-0.05, 0) is 6.07 Å². The fourth-order valence-electron chi connectivity index (χ4n) is 1.17. The molecule has 0 amide bonds. The molecule has 1 aromatic heterocycles. The number of carboxylic acid groups (broad SMARTS) is 1. The van der Waals surface area contributed by atoms with Crippen molar-refractivity contribution in [1.29, 1.82) is 5.26 Å². The van der Waals surface area contributed by atoms with Gasteiger partial charge in [0.2, 0.25) is 5.69 Å². The second kappa shape index (κ2) is 4.89. The third-order valence-corrected chi connectivity index (χ3v) is 1.93. The highest BCUT2D eigenvalue weighted by Crippen LogP contribution is 2.19. The molecule has 1 rings (SSSR count). The van der Waals surface area contributed by atoms with Crippen LogP contribution in [0.1, 0.15) is 5.69 Å². The van der Waals surface area contributed by atoms with Gasteiger partial charge >= 0.3 is 11.7 Å². The highest BCUT2D eigenvalue weighted by atomic mass is 16.6. The number of nitro groups is 1. The summed E-state index contributed by atoms with van der Waals surface area (Å²) < 4.78 is 0. The summed E-state index contributed by atoms with van der Waals surface area (Å²) in [7, 11) is 1.46. The molecule has 0 radical (unpaired) electrons. The minimum atomic E-state index is -1.06. The number of hydrogen-bond acceptors (Lipinski definition) is 6. The molecule has 0 aliphatic heterocycles. The molecule has 88 valence electrons. The van der Waals surface area contributed by atoms with E-state index < -0.39 is 16.6 Å². The smallest absolute Gasteiger partial charge is 0.323 e. The lowest BCUT2D eigenvalue weighted by atomic mass is 10.3. The van der Waals surface area contributed by atoms with E-state index in [4.69, 9.17) is 10.4 Å². The predicted octanol–water partition coefficient (Wildman–Crippen LogP) is 0.382. The van der Waals surface area contributed by atoms with E-state index in [9.17, 15) is 14.9 Å². The quantitative estimate of drug-likeness (QED) is 0.592. The Labute approximate surface area is 95.9 Å². The molecule has 0 spiro atoms. The van der Waals surface area contributed by atoms with Crippen LogP contribution in [0.2, 0.25) is 0 Å². The van der Waals surface area contributed by atoms with Crippen molar-refractivity contribution < 1.29 is 14.8 Å². The summed E-state index contributed by atoms with van der Waals surface area (Å²) in [6, 6.07) is 4.02. The van der Waals surface area contributed by atoms with Crippen LogP contribution in [0.25, 0.3) is 0 Å². The predicted molar refractivity (Wildman–Crippen MR) is 56.5 cm³/mol. The van der Waals surface area contributed by atoms with Gasteiger partial charge in [0, 0.05) is 13.1 Å². The van der Waals surface area contributed by atoms with E-state index in [2.05, 4.69) is 4.98 Å². The lowest BCUT2D eigenvalue weighted by Crippen LogP contribution is -2.26. The van der Waals surface area contributed by atoms with E-state index in [1.54, 1.807) is 6.07 Å². The maximum Gasteiger partial charge on any atom is 0.323 e. The Hall–Kier alpha value is -2.69. The molecule has 0 bridgehead atoms. The van der Waals surface area contributed by atoms with Crippen molar-refractivity contribution in [2.45, 2.75) is 0 Å². The van der Waals surface area contributed by atoms with Crippen LogP contribution >= 0.6 is 0 Å². The zero-order valence-corrected chi connectivity index (χ0v) is 8.82. The molecule has 0 aromatic carbocycles. The molecule has 1 N–H and O–H groups in total. The number of anilines is 1. The number of rotatable bonds is 4. The lowest BCUT2D eigenvalue weighted by Gasteiger charge is -2.14. The van der Waals surface area contributed by atoms with Crippen LogP contribution in [0, 0.1) is 21.4 Å². The average molecular weight is 236 g/mol. The summed E-state index contributed by atoms with van der Waals surface area (Å²) in [6.07, 6.45) is 0. The molecule has 0 aliphatic carbocycles. The molecule has 1 heterocycles. The molecule has 17 heavy (non-hydrogen) atoms. The average Bonchev–Trinajstić information content (AvgIpc) is 2.27. The van der Waals surface area contributed by atoms with E-state index in [1.165, 1.54) is 18.0 Å². The second-order valence-electron chi connectivity index (χ2n) is 3.16. The molecule has 0 fully saturated rings. The number of hydrogen-bond donors (Lipinski definition) is 1. The maximum atomic E-state index is 10.5. The normalized spacial score (nSPS) is 9.41. The summed E-state index contributed by atoms with van der Waals surface area (Å²) in [4.78, 5) is 25.3. The van der Waals surface area contributed by atoms with E-state index in [-0.39, 0.29) is 18.1 Å². The number of carbonyl (C=O) groups is 1. The Morgan fingerprint density at radius 1 is 1.71 bits per heavy atom. The summed E-state index contributed by atoms with van der Waals surface area (Å²) in [5.41, 5.74) is -0.746. The van der Waals surface area contributed by atoms with Crippen LogP contribution in [-0.2, 0) is 4.79 Å². The minimum absolute atomic E-state index is 0.189. The molecule has 0 saturated heterocycles. The number of aliphatic carboxylic acids is 1. The first-order valence-electron chi connectivity index (χ1n) is 4.44. The Balaban J connectivity index is 3.10. The molecular weight excluding hydrogens is 228 g/mol. The van der Waals surface area contributed by atoms with E-state index in [0.717, 1.165) is 6.07 Å². The zero-order valence-electron chi connectivity index (χ0n) is 8.82. The van der Waals surface area contributed by atoms with Crippen molar-refractivity contribution in [2.75, 3.05) is 18.5 Å². The van der Waals surface area contributed by atoms with Gasteiger partial charge in [0.1, 0.15) is 18.4 Å². The number of nitriles is 1. The number of carboxylic acids is 1. The molecule has 0 unspecified atom stereocenters. The van der Waals surface area contributed by atoms with Crippen molar-refractivity contribution >= 4 is 17.5 Å². The van der Waals surface area contributed by atoms with Gasteiger partial charge in [0.15, 0.2) is 0 Å². The number of pyridine rings is 1. The summed E-state index contributed by atoms with van der Waals surface area (Å²) in [5, 5.41) is 27.8. The van der Waals surface area contributed by atoms with E-state index in [0.29, 0.717) is 0 Å². The molecule has 0 atom stereocenters. The van der Waals surface area contributed by atoms with Crippen molar-refractivity contribution in [3.8, 4) is 6.07 Å². The van der Waals surface area contributed by atoms with E-state index in [1.807, 2.05) is 0 Å². The Kier molecular flexibility index (Phi) is 3.56. The van der Waals surface area contributed by atoms with Gasteiger partial charge in [-0.15, -0.1) is 0 Å². The molecule has 0 aliphatic rings. The minimum Gasteiger partial charge on any atom is -0.480 e. The molecular formula is C9H8N4O4. The Morgan fingerprint density at radius 3 is 2.82 bits per heavy atom. The van der Waals surface area contributed by atoms with Crippen LogP contribution in [0.4, 0.5) is 11.5 Å². The maximum absolute atomic E-state index is 10.5. The third-order valence-electron chi connectivity index (χ3n) is 1.93. The zero-order chi connectivity index (χ0) is 13.0. The van der Waals surface area contributed by atoms with E-state index >= 15 is 0 Å². The van der Waals surface area contributed by atoms with Crippen LogP contribution in [-0.4, -0.2) is 34.6 Å². The van der Waals surface area contributed by atoms with Gasteiger partial charge in [0.25, 0.3) is 0 Å². The van der Waals surface area contributed by atoms with Gasteiger partial charge in [-0.25, -0.2) is 4.98 Å². The summed E-state index contributed by atoms with van der Waals surface area (Å²) >= 11 is 0. The standard InChI is InChI=1S/C9H8N4O4/c1-12(5-9(14)15)8-3-2-7(13(16)17)6(4-10)11-8/h2-3H,5H2,1H3,(H,14,15). The SMILES string of the molecule is CN(CC(=O)O)c1ccc([N+](=O)[O-])c(C#N)n1. The largest absolute Gasteiger partial charge is 0.480 e. The molecule has 0 saturated carbocycles. The molecule has 1 aromatic rings. The lowest BCUT2D eigenvalue weighted by molar-refractivity contribution is -0.385. The first-order chi connectivity index (χ1) is 7.95. The van der Waals surface area contributed by atoms with Crippen LogP contribution < -0.4 is 4.90 Å². The van der Waals surface area contributed by atoms with Crippen LogP contribution in [0.3, 0.4) is 0 Å². The Bertz CT molecular complexity index is 508. The van der Waals surface area contributed by atoms with Gasteiger partial charge in [0.05, 0.1) is 4.92 Å². The van der Waals surface area contributed by atoms with Gasteiger partial charge in [-0.1, -0.05) is 0 Å². The first-order valence-corrected chi connectivity index (χ1v) is 4.44. The fourth-order valence-corrected chi connectivity index (χ4v) is 1.17. The highest BCUT2D eigenvalue weighted by molar-refractivity contribution is 5.73. The van der Waals surface area contributed by atoms with Gasteiger partial charge < -0.3 is 10.0 Å². The molecule has 8 heteroatoms. The highest BCUT2D eigenvalue weighted by Gasteiger charge is 2.17. The summed E-state index contributed by atoms with van der Waals surface area (Å²) in [5.74, 6) is -0.874. The number of likely N-dealkylation sites (N-methyl/N-ethyl adjacent to an activating group) is 1. The second-order valence-corrected chi connectivity index (χ2v) is 3.16. The third kappa shape index (κ3) is 2.88. The topological polar surface area (TPSA) is 120 Å². The van der Waals surface area contributed by atoms with Crippen LogP contribution in [0.5, 0.6) is 0 Å². The van der Waals surface area contributed by atoms with Crippen molar-refractivity contribution in [3.63, 3.8) is 0 Å². The number of aromatic nitrogens is 1. The monoisotopic (exact) mass is 236 g/mol. The van der Waals surface area contributed by atoms with Crippen molar-refractivity contribution in [2.24, 2.45) is 0 Å². The fraction of sp³-hybridized carbons (Fsp3) is 0.222. The van der Waals surface area contributed by atoms with Crippen molar-refractivity contribution in [3.05, 3.63) is 27.9 Å². The Morgan fingerprint density at radius 2 is 2.35 bits per heavy atom. The summed E-state index contributed by atoms with van der Waals surface area (Å²) in [6.45, 7) is -0.310. The van der Waals surface area contributed by atoms with Crippen molar-refractivity contribution in [1.82, 2.24) is 4.98 Å². The number of nitrogens with zero attached hydrogens (tertiary/aromatic N) is 4.